The highest BCUT2D eigenvalue weighted by Crippen LogP contribution is 2.14. The number of rotatable bonds is 5. The number of carbonyl (C=O) groups is 2. The molecule has 2 aromatic carbocycles. The van der Waals surface area contributed by atoms with E-state index in [4.69, 9.17) is 0 Å². The Hall–Kier alpha value is -3.48. The Kier molecular flexibility index (Phi) is 6.17. The minimum Gasteiger partial charge on any atom is -0.348 e. The zero-order valence-electron chi connectivity index (χ0n) is 16.8. The number of nitrogens with zero attached hydrogens (tertiary/aromatic N) is 4. The summed E-state index contributed by atoms with van der Waals surface area (Å²) >= 11 is 0. The summed E-state index contributed by atoms with van der Waals surface area (Å²) in [7, 11) is 0. The summed E-state index contributed by atoms with van der Waals surface area (Å²) in [6.07, 6.45) is 7.91. The van der Waals surface area contributed by atoms with Crippen LogP contribution in [-0.2, 0) is 6.54 Å². The van der Waals surface area contributed by atoms with E-state index >= 15 is 0 Å². The van der Waals surface area contributed by atoms with Gasteiger partial charge in [-0.15, -0.1) is 5.10 Å². The summed E-state index contributed by atoms with van der Waals surface area (Å²) < 4.78 is 1.64. The van der Waals surface area contributed by atoms with Crippen LogP contribution in [0.3, 0.4) is 0 Å². The molecule has 2 heterocycles. The first kappa shape index (κ1) is 19.8. The van der Waals surface area contributed by atoms with E-state index in [9.17, 15) is 9.59 Å². The lowest BCUT2D eigenvalue weighted by Gasteiger charge is -2.20. The molecule has 1 aromatic heterocycles. The van der Waals surface area contributed by atoms with Gasteiger partial charge in [-0.25, -0.2) is 4.68 Å². The van der Waals surface area contributed by atoms with Crippen LogP contribution < -0.4 is 5.32 Å². The van der Waals surface area contributed by atoms with Crippen LogP contribution in [-0.4, -0.2) is 44.8 Å². The Morgan fingerprint density at radius 2 is 1.53 bits per heavy atom. The van der Waals surface area contributed by atoms with Gasteiger partial charge in [0, 0.05) is 30.8 Å². The Balaban J connectivity index is 1.32. The molecule has 2 amide bonds. The monoisotopic (exact) mass is 403 g/mol. The van der Waals surface area contributed by atoms with Crippen LogP contribution in [0.25, 0.3) is 5.69 Å². The van der Waals surface area contributed by atoms with E-state index < -0.39 is 0 Å². The Bertz CT molecular complexity index is 973. The van der Waals surface area contributed by atoms with Crippen LogP contribution in [0.1, 0.15) is 52.0 Å². The maximum atomic E-state index is 12.7. The molecule has 7 heteroatoms. The van der Waals surface area contributed by atoms with Gasteiger partial charge < -0.3 is 10.2 Å². The van der Waals surface area contributed by atoms with Crippen LogP contribution in [0.4, 0.5) is 0 Å². The van der Waals surface area contributed by atoms with Crippen molar-refractivity contribution >= 4 is 11.8 Å². The highest BCUT2D eigenvalue weighted by Gasteiger charge is 2.17. The summed E-state index contributed by atoms with van der Waals surface area (Å²) in [4.78, 5) is 27.0. The first-order valence-electron chi connectivity index (χ1n) is 10.3. The van der Waals surface area contributed by atoms with Gasteiger partial charge in [0.05, 0.1) is 18.1 Å². The first-order valence-corrected chi connectivity index (χ1v) is 10.3. The van der Waals surface area contributed by atoms with Gasteiger partial charge in [-0.2, -0.15) is 0 Å². The first-order chi connectivity index (χ1) is 14.7. The predicted molar refractivity (Wildman–Crippen MR) is 113 cm³/mol. The molecule has 30 heavy (non-hydrogen) atoms. The van der Waals surface area contributed by atoms with E-state index in [1.807, 2.05) is 41.3 Å². The Labute approximate surface area is 175 Å². The molecule has 4 rings (SSSR count). The number of amides is 2. The van der Waals surface area contributed by atoms with Crippen LogP contribution in [0, 0.1) is 0 Å². The van der Waals surface area contributed by atoms with E-state index in [0.29, 0.717) is 17.7 Å². The van der Waals surface area contributed by atoms with Crippen molar-refractivity contribution in [2.75, 3.05) is 13.1 Å². The van der Waals surface area contributed by atoms with Crippen LogP contribution >= 0.6 is 0 Å². The topological polar surface area (TPSA) is 80.1 Å². The highest BCUT2D eigenvalue weighted by atomic mass is 16.2. The van der Waals surface area contributed by atoms with Gasteiger partial charge in [-0.3, -0.25) is 9.59 Å². The number of hydrogen-bond acceptors (Lipinski definition) is 4. The van der Waals surface area contributed by atoms with E-state index in [0.717, 1.165) is 37.2 Å². The van der Waals surface area contributed by atoms with Crippen LogP contribution in [0.15, 0.2) is 60.9 Å². The molecular formula is C23H25N5O2. The van der Waals surface area contributed by atoms with Gasteiger partial charge in [0.1, 0.15) is 0 Å². The van der Waals surface area contributed by atoms with Gasteiger partial charge >= 0.3 is 0 Å². The third-order valence-corrected chi connectivity index (χ3v) is 5.36. The molecule has 0 radical (unpaired) electrons. The Morgan fingerprint density at radius 3 is 2.17 bits per heavy atom. The number of aromatic nitrogens is 3. The van der Waals surface area contributed by atoms with Crippen molar-refractivity contribution in [3.63, 3.8) is 0 Å². The minimum atomic E-state index is -0.148. The van der Waals surface area contributed by atoms with E-state index in [-0.39, 0.29) is 11.8 Å². The van der Waals surface area contributed by atoms with E-state index in [2.05, 4.69) is 15.6 Å². The highest BCUT2D eigenvalue weighted by molar-refractivity contribution is 5.95. The van der Waals surface area contributed by atoms with Crippen molar-refractivity contribution in [1.82, 2.24) is 25.2 Å². The summed E-state index contributed by atoms with van der Waals surface area (Å²) in [5, 5.41) is 10.6. The van der Waals surface area contributed by atoms with Gasteiger partial charge in [0.25, 0.3) is 11.8 Å². The average Bonchev–Trinajstić information content (AvgIpc) is 3.20. The second-order valence-corrected chi connectivity index (χ2v) is 7.48. The quantitative estimate of drug-likeness (QED) is 0.709. The van der Waals surface area contributed by atoms with Gasteiger partial charge in [0.15, 0.2) is 0 Å². The van der Waals surface area contributed by atoms with Crippen molar-refractivity contribution in [3.8, 4) is 5.69 Å². The second-order valence-electron chi connectivity index (χ2n) is 7.48. The second kappa shape index (κ2) is 9.35. The molecule has 0 saturated carbocycles. The number of carbonyl (C=O) groups excluding carboxylic acids is 2. The molecule has 0 aliphatic carbocycles. The fraction of sp³-hybridized carbons (Fsp3) is 0.304. The smallest absolute Gasteiger partial charge is 0.253 e. The molecule has 1 aliphatic rings. The lowest BCUT2D eigenvalue weighted by molar-refractivity contribution is 0.0761. The molecule has 7 nitrogen and oxygen atoms in total. The zero-order valence-corrected chi connectivity index (χ0v) is 16.8. The van der Waals surface area contributed by atoms with Crippen LogP contribution in [0.5, 0.6) is 0 Å². The number of nitrogens with one attached hydrogen (secondary N) is 1. The Morgan fingerprint density at radius 1 is 0.867 bits per heavy atom. The maximum Gasteiger partial charge on any atom is 0.253 e. The molecular weight excluding hydrogens is 378 g/mol. The summed E-state index contributed by atoms with van der Waals surface area (Å²) in [5.41, 5.74) is 3.08. The van der Waals surface area contributed by atoms with Crippen molar-refractivity contribution in [3.05, 3.63) is 77.6 Å². The molecule has 1 aliphatic heterocycles. The molecule has 1 fully saturated rings. The van der Waals surface area contributed by atoms with Gasteiger partial charge in [0.2, 0.25) is 0 Å². The van der Waals surface area contributed by atoms with Crippen LogP contribution in [0.2, 0.25) is 0 Å². The average molecular weight is 403 g/mol. The molecule has 154 valence electrons. The third kappa shape index (κ3) is 4.74. The van der Waals surface area contributed by atoms with Crippen molar-refractivity contribution < 1.29 is 9.59 Å². The standard InChI is InChI=1S/C23H25N5O2/c29-22(19-9-11-21(12-10-19)28-16-13-25-26-28)24-17-18-5-7-20(8-6-18)23(30)27-14-3-1-2-4-15-27/h5-13,16H,1-4,14-15,17H2,(H,24,29). The van der Waals surface area contributed by atoms with Crippen molar-refractivity contribution in [2.24, 2.45) is 0 Å². The van der Waals surface area contributed by atoms with Gasteiger partial charge in [-0.1, -0.05) is 30.2 Å². The third-order valence-electron chi connectivity index (χ3n) is 5.36. The molecule has 1 saturated heterocycles. The molecule has 0 unspecified atom stereocenters. The maximum absolute atomic E-state index is 12.7. The number of benzene rings is 2. The fourth-order valence-electron chi connectivity index (χ4n) is 3.62. The number of likely N-dealkylation sites (tertiary alicyclic amines) is 1. The van der Waals surface area contributed by atoms with E-state index in [1.54, 1.807) is 29.2 Å². The minimum absolute atomic E-state index is 0.0972. The molecule has 0 spiro atoms. The molecule has 1 N–H and O–H groups in total. The summed E-state index contributed by atoms with van der Waals surface area (Å²) in [6, 6.07) is 14.7. The molecule has 0 atom stereocenters. The lowest BCUT2D eigenvalue weighted by Crippen LogP contribution is -2.31. The molecule has 0 bridgehead atoms. The van der Waals surface area contributed by atoms with Gasteiger partial charge in [-0.05, 0) is 54.8 Å². The van der Waals surface area contributed by atoms with Crippen molar-refractivity contribution in [1.29, 1.82) is 0 Å². The lowest BCUT2D eigenvalue weighted by atomic mass is 10.1. The number of hydrogen-bond donors (Lipinski definition) is 1. The SMILES string of the molecule is O=C(NCc1ccc(C(=O)N2CCCCCC2)cc1)c1ccc(-n2ccnn2)cc1. The van der Waals surface area contributed by atoms with E-state index in [1.165, 1.54) is 12.8 Å². The molecule has 3 aromatic rings. The predicted octanol–water partition coefficient (Wildman–Crippen LogP) is 3.21. The summed E-state index contributed by atoms with van der Waals surface area (Å²) in [5.74, 6) is -0.0511. The zero-order chi connectivity index (χ0) is 20.8. The fourth-order valence-corrected chi connectivity index (χ4v) is 3.62. The van der Waals surface area contributed by atoms with Crippen molar-refractivity contribution in [2.45, 2.75) is 32.2 Å². The summed E-state index contributed by atoms with van der Waals surface area (Å²) in [6.45, 7) is 2.08. The normalized spacial score (nSPS) is 14.2. The largest absolute Gasteiger partial charge is 0.348 e.